The van der Waals surface area contributed by atoms with Gasteiger partial charge in [0.05, 0.1) is 49.3 Å². The van der Waals surface area contributed by atoms with E-state index in [4.69, 9.17) is 114 Å². The molecule has 1 fully saturated rings. The van der Waals surface area contributed by atoms with Crippen molar-refractivity contribution in [3.05, 3.63) is 41.8 Å². The van der Waals surface area contributed by atoms with E-state index in [0.29, 0.717) is 0 Å². The summed E-state index contributed by atoms with van der Waals surface area (Å²) in [7, 11) is 2.13. The summed E-state index contributed by atoms with van der Waals surface area (Å²) in [5.74, 6) is -4.75. The average Bonchev–Trinajstić information content (AvgIpc) is 2.94. The molecule has 1 aromatic rings. The summed E-state index contributed by atoms with van der Waals surface area (Å²) in [5.41, 5.74) is -3.87. The van der Waals surface area contributed by atoms with E-state index >= 15 is 0 Å². The maximum absolute atomic E-state index is 14.0. The molecule has 0 aromatic heterocycles. The third kappa shape index (κ3) is 2.31. The molecule has 0 heterocycles. The Balaban J connectivity index is 2.23. The van der Waals surface area contributed by atoms with Gasteiger partial charge in [-0.1, -0.05) is 81.2 Å². The predicted octanol–water partition coefficient (Wildman–Crippen LogP) is 6.66. The van der Waals surface area contributed by atoms with Crippen molar-refractivity contribution in [3.63, 3.8) is 0 Å². The highest BCUT2D eigenvalue weighted by Gasteiger charge is 2.92. The van der Waals surface area contributed by atoms with E-state index in [0.717, 1.165) is 14.2 Å². The van der Waals surface area contributed by atoms with Crippen LogP contribution in [0.5, 0.6) is 0 Å². The van der Waals surface area contributed by atoms with Crippen LogP contribution in [0.4, 0.5) is 0 Å². The summed E-state index contributed by atoms with van der Waals surface area (Å²) in [6, 6.07) is 0. The van der Waals surface area contributed by atoms with E-state index in [1.807, 2.05) is 0 Å². The zero-order chi connectivity index (χ0) is 24.3. The van der Waals surface area contributed by atoms with E-state index in [1.165, 1.54) is 0 Å². The van der Waals surface area contributed by atoms with E-state index in [2.05, 4.69) is 0 Å². The largest absolute Gasteiger partial charge is 0.465 e. The fourth-order valence-corrected chi connectivity index (χ4v) is 8.59. The van der Waals surface area contributed by atoms with Gasteiger partial charge in [0, 0.05) is 12.7 Å². The minimum atomic E-state index is -2.37. The maximum atomic E-state index is 14.0. The zero-order valence-corrected chi connectivity index (χ0v) is 22.3. The van der Waals surface area contributed by atoms with Crippen LogP contribution in [0.25, 0.3) is 0 Å². The summed E-state index contributed by atoms with van der Waals surface area (Å²) in [6.45, 7) is 0. The molecular weight excluding hydrogens is 615 g/mol. The molecule has 1 aromatic carbocycles. The van der Waals surface area contributed by atoms with Crippen LogP contribution in [0.2, 0.25) is 15.1 Å². The Morgan fingerprint density at radius 2 is 1.41 bits per heavy atom. The summed E-state index contributed by atoms with van der Waals surface area (Å²) >= 11 is 58.2. The highest BCUT2D eigenvalue weighted by atomic mass is 35.5. The number of ether oxygens (including phenoxy) is 2. The first kappa shape index (κ1) is 25.4. The first-order valence-corrected chi connectivity index (χ1v) is 11.8. The number of halogens is 9. The van der Waals surface area contributed by atoms with Crippen LogP contribution in [0.15, 0.2) is 10.1 Å². The minimum absolute atomic E-state index is 0.353. The number of hydrogen-bond donors (Lipinski definition) is 0. The highest BCUT2D eigenvalue weighted by molar-refractivity contribution is 6.68. The van der Waals surface area contributed by atoms with Gasteiger partial charge in [-0.05, 0) is 0 Å². The number of carbonyl (C=O) groups excluding carboxylic acids is 3. The molecule has 0 amide bonds. The van der Waals surface area contributed by atoms with Crippen LogP contribution in [0, 0.1) is 5.92 Å². The summed E-state index contributed by atoms with van der Waals surface area (Å²) in [5, 5.41) is -1.96. The molecule has 0 aliphatic heterocycles. The van der Waals surface area contributed by atoms with Gasteiger partial charge in [-0.15, -0.1) is 23.2 Å². The van der Waals surface area contributed by atoms with Crippen molar-refractivity contribution in [3.8, 4) is 0 Å². The number of allylic oxidation sites excluding steroid dienone is 1. The van der Waals surface area contributed by atoms with Crippen molar-refractivity contribution in [2.24, 2.45) is 5.92 Å². The second-order valence-corrected chi connectivity index (χ2v) is 11.6. The molecule has 3 aliphatic carbocycles. The fraction of sp³-hybridized carbons (Fsp3) is 0.389. The predicted molar refractivity (Wildman–Crippen MR) is 125 cm³/mol. The van der Waals surface area contributed by atoms with Crippen molar-refractivity contribution in [2.45, 2.75) is 19.7 Å². The van der Waals surface area contributed by atoms with E-state index in [1.54, 1.807) is 0 Å². The Hall–Kier alpha value is 0.340. The minimum Gasteiger partial charge on any atom is -0.465 e. The third-order valence-corrected chi connectivity index (χ3v) is 11.7. The van der Waals surface area contributed by atoms with Gasteiger partial charge in [0.1, 0.15) is 4.87 Å². The number of carbonyl (C=O) groups is 3. The standard InChI is InChI=1S/C18H7Cl9O5/c1-31-14(30)5-3-4(6(19)8(21)7(5)20)13(29)16(32-2)10(9(3)28)15(24)11(22)12(23)17(16,25)18(15,26)27/h10H,1-2H3/t10-,15?,16-,17?/m0/s1. The van der Waals surface area contributed by atoms with Crippen LogP contribution in [-0.4, -0.2) is 51.4 Å². The van der Waals surface area contributed by atoms with Crippen molar-refractivity contribution in [2.75, 3.05) is 14.2 Å². The lowest BCUT2D eigenvalue weighted by molar-refractivity contribution is -0.0326. The van der Waals surface area contributed by atoms with E-state index in [-0.39, 0.29) is 15.1 Å². The number of esters is 1. The van der Waals surface area contributed by atoms with Crippen LogP contribution >= 0.6 is 104 Å². The van der Waals surface area contributed by atoms with E-state index < -0.39 is 69.9 Å². The Morgan fingerprint density at radius 3 is 1.91 bits per heavy atom. The molecule has 32 heavy (non-hydrogen) atoms. The molecule has 5 nitrogen and oxygen atoms in total. The molecule has 14 heteroatoms. The quantitative estimate of drug-likeness (QED) is 0.210. The zero-order valence-electron chi connectivity index (χ0n) is 15.5. The van der Waals surface area contributed by atoms with Gasteiger partial charge in [0.25, 0.3) is 0 Å². The van der Waals surface area contributed by atoms with Gasteiger partial charge >= 0.3 is 5.97 Å². The van der Waals surface area contributed by atoms with Crippen LogP contribution in [-0.2, 0) is 9.47 Å². The molecule has 0 spiro atoms. The number of benzene rings is 1. The first-order valence-electron chi connectivity index (χ1n) is 8.40. The summed E-state index contributed by atoms with van der Waals surface area (Å²) in [4.78, 5) is 36.0. The Kier molecular flexibility index (Phi) is 5.90. The first-order chi connectivity index (χ1) is 14.7. The van der Waals surface area contributed by atoms with Gasteiger partial charge in [-0.3, -0.25) is 9.59 Å². The molecule has 172 valence electrons. The third-order valence-electron chi connectivity index (χ3n) is 6.13. The number of hydrogen-bond acceptors (Lipinski definition) is 5. The van der Waals surface area contributed by atoms with Crippen molar-refractivity contribution in [1.29, 1.82) is 0 Å². The van der Waals surface area contributed by atoms with Crippen LogP contribution in [0.1, 0.15) is 31.1 Å². The fourth-order valence-electron chi connectivity index (χ4n) is 4.77. The lowest BCUT2D eigenvalue weighted by atomic mass is 9.64. The molecule has 1 saturated carbocycles. The number of methoxy groups -OCH3 is 2. The molecule has 0 saturated heterocycles. The lowest BCUT2D eigenvalue weighted by Gasteiger charge is -2.47. The molecule has 4 atom stereocenters. The van der Waals surface area contributed by atoms with Crippen LogP contribution < -0.4 is 0 Å². The smallest absolute Gasteiger partial charge is 0.340 e. The second-order valence-electron chi connectivity index (χ2n) is 7.20. The molecule has 2 bridgehead atoms. The van der Waals surface area contributed by atoms with Gasteiger partial charge in [-0.2, -0.15) is 0 Å². The van der Waals surface area contributed by atoms with Gasteiger partial charge in [-0.25, -0.2) is 4.79 Å². The maximum Gasteiger partial charge on any atom is 0.340 e. The Labute approximate surface area is 226 Å². The van der Waals surface area contributed by atoms with E-state index in [9.17, 15) is 14.4 Å². The second kappa shape index (κ2) is 7.42. The van der Waals surface area contributed by atoms with Gasteiger partial charge in [0.2, 0.25) is 0 Å². The topological polar surface area (TPSA) is 69.7 Å². The highest BCUT2D eigenvalue weighted by Crippen LogP contribution is 2.79. The number of ketones is 2. The summed E-state index contributed by atoms with van der Waals surface area (Å²) in [6.07, 6.45) is 0. The molecule has 0 radical (unpaired) electrons. The molecule has 3 aliphatic rings. The normalized spacial score (nSPS) is 34.7. The number of alkyl halides is 4. The molecule has 0 N–H and O–H groups in total. The molecule has 4 rings (SSSR count). The Bertz CT molecular complexity index is 1190. The monoisotopic (exact) mass is 618 g/mol. The molecule has 2 unspecified atom stereocenters. The van der Waals surface area contributed by atoms with Crippen molar-refractivity contribution >= 4 is 122 Å². The molecular formula is C18H7Cl9O5. The number of Topliss-reactive ketones (excluding diaryl/α,β-unsaturated/α-hetero) is 2. The van der Waals surface area contributed by atoms with Crippen molar-refractivity contribution < 1.29 is 23.9 Å². The van der Waals surface area contributed by atoms with Crippen LogP contribution in [0.3, 0.4) is 0 Å². The number of fused-ring (bicyclic) bond motifs is 6. The van der Waals surface area contributed by atoms with Gasteiger partial charge in [0.15, 0.2) is 26.4 Å². The average molecular weight is 622 g/mol. The number of rotatable bonds is 2. The summed E-state index contributed by atoms with van der Waals surface area (Å²) < 4.78 is 7.97. The lowest BCUT2D eigenvalue weighted by Crippen LogP contribution is -2.66. The van der Waals surface area contributed by atoms with Crippen molar-refractivity contribution in [1.82, 2.24) is 0 Å². The SMILES string of the molecule is COC(=O)c1c(Cl)c(Cl)c(Cl)c2c1C(=O)[C@H]1C3(Cl)C(Cl)=C(Cl)C(Cl)(C3(Cl)Cl)[C@@]1(OC)C2=O. The Morgan fingerprint density at radius 1 is 0.844 bits per heavy atom. The van der Waals surface area contributed by atoms with Gasteiger partial charge < -0.3 is 9.47 Å².